The molecule has 7 heteroatoms. The number of carbonyl (C=O) groups excluding carboxylic acids is 1. The van der Waals surface area contributed by atoms with Crippen molar-refractivity contribution in [3.63, 3.8) is 0 Å². The Balaban J connectivity index is 1.74. The molecule has 0 bridgehead atoms. The molecule has 144 valence electrons. The number of hydrogen-bond acceptors (Lipinski definition) is 5. The zero-order valence-electron chi connectivity index (χ0n) is 15.5. The number of anilines is 1. The molecular formula is C23H14N4O3. The Hall–Kier alpha value is -4.26. The Morgan fingerprint density at radius 1 is 0.833 bits per heavy atom. The minimum Gasteiger partial charge on any atom is -0.340 e. The van der Waals surface area contributed by atoms with Crippen LogP contribution in [0.2, 0.25) is 0 Å². The fraction of sp³-hybridized carbons (Fsp3) is 0.0435. The summed E-state index contributed by atoms with van der Waals surface area (Å²) in [7, 11) is 0. The quantitative estimate of drug-likeness (QED) is 0.460. The van der Waals surface area contributed by atoms with E-state index in [1.807, 2.05) is 48.5 Å². The van der Waals surface area contributed by atoms with Gasteiger partial charge in [-0.3, -0.25) is 24.5 Å². The summed E-state index contributed by atoms with van der Waals surface area (Å²) in [5.74, 6) is -0.474. The first-order valence-corrected chi connectivity index (χ1v) is 9.49. The summed E-state index contributed by atoms with van der Waals surface area (Å²) in [5.41, 5.74) is 3.18. The predicted molar refractivity (Wildman–Crippen MR) is 113 cm³/mol. The monoisotopic (exact) mass is 394 g/mol. The number of carbonyl (C=O) groups is 1. The minimum absolute atomic E-state index is 0.129. The molecule has 0 unspecified atom stereocenters. The second-order valence-corrected chi connectivity index (χ2v) is 7.34. The Morgan fingerprint density at radius 2 is 1.60 bits per heavy atom. The van der Waals surface area contributed by atoms with Crippen molar-refractivity contribution in [3.05, 3.63) is 109 Å². The number of Topliss-reactive ketones (excluding diaryl/α,β-unsaturated/α-hetero) is 1. The number of benzene rings is 2. The van der Waals surface area contributed by atoms with Crippen molar-refractivity contribution >= 4 is 28.2 Å². The maximum atomic E-state index is 13.4. The van der Waals surface area contributed by atoms with Gasteiger partial charge in [0.05, 0.1) is 16.8 Å². The molecule has 0 saturated carbocycles. The Morgan fingerprint density at radius 3 is 2.47 bits per heavy atom. The van der Waals surface area contributed by atoms with Crippen LogP contribution in [-0.2, 0) is 0 Å². The third kappa shape index (κ3) is 2.14. The lowest BCUT2D eigenvalue weighted by Gasteiger charge is -2.28. The summed E-state index contributed by atoms with van der Waals surface area (Å²) < 4.78 is 0. The van der Waals surface area contributed by atoms with Gasteiger partial charge in [-0.05, 0) is 17.7 Å². The van der Waals surface area contributed by atoms with E-state index in [0.29, 0.717) is 28.2 Å². The van der Waals surface area contributed by atoms with Crippen molar-refractivity contribution in [2.75, 3.05) is 5.32 Å². The molecule has 0 amide bonds. The van der Waals surface area contributed by atoms with E-state index in [1.165, 1.54) is 0 Å². The molecule has 2 aromatic heterocycles. The van der Waals surface area contributed by atoms with E-state index in [2.05, 4.69) is 20.3 Å². The van der Waals surface area contributed by atoms with Crippen LogP contribution < -0.4 is 16.6 Å². The SMILES string of the molecule is O=C1C2=C(Nc3[nH]c(=O)[nH]c(=O)c3[C@@H]2c2ccnc3ccccc23)c2ccccc21. The summed E-state index contributed by atoms with van der Waals surface area (Å²) in [6.07, 6.45) is 1.67. The van der Waals surface area contributed by atoms with Gasteiger partial charge in [0.1, 0.15) is 5.82 Å². The topological polar surface area (TPSA) is 108 Å². The molecule has 2 aromatic carbocycles. The molecule has 0 fully saturated rings. The van der Waals surface area contributed by atoms with E-state index in [4.69, 9.17) is 0 Å². The number of ketones is 1. The minimum atomic E-state index is -0.648. The molecule has 1 aliphatic carbocycles. The van der Waals surface area contributed by atoms with Gasteiger partial charge in [-0.15, -0.1) is 0 Å². The van der Waals surface area contributed by atoms with E-state index in [-0.39, 0.29) is 5.78 Å². The summed E-state index contributed by atoms with van der Waals surface area (Å²) >= 11 is 0. The number of para-hydroxylation sites is 1. The van der Waals surface area contributed by atoms with Crippen LogP contribution in [-0.4, -0.2) is 20.7 Å². The van der Waals surface area contributed by atoms with Gasteiger partial charge in [-0.1, -0.05) is 42.5 Å². The van der Waals surface area contributed by atoms with Crippen LogP contribution in [0.3, 0.4) is 0 Å². The molecule has 0 spiro atoms. The lowest BCUT2D eigenvalue weighted by molar-refractivity contribution is 0.103. The number of rotatable bonds is 1. The van der Waals surface area contributed by atoms with Gasteiger partial charge in [0, 0.05) is 34.2 Å². The van der Waals surface area contributed by atoms with Crippen LogP contribution in [0.25, 0.3) is 16.6 Å². The maximum absolute atomic E-state index is 13.4. The van der Waals surface area contributed by atoms with Crippen LogP contribution >= 0.6 is 0 Å². The molecule has 2 aliphatic rings. The van der Waals surface area contributed by atoms with Crippen molar-refractivity contribution in [2.24, 2.45) is 0 Å². The first kappa shape index (κ1) is 16.7. The highest BCUT2D eigenvalue weighted by Gasteiger charge is 2.42. The van der Waals surface area contributed by atoms with E-state index < -0.39 is 17.2 Å². The standard InChI is InChI=1S/C23H14N4O3/c28-20-14-7-2-1-6-13(14)19-17(20)16(18-21(25-19)26-23(30)27-22(18)29)12-9-10-24-15-8-4-3-5-11(12)15/h1-10,16H,(H3,25,26,27,29,30)/t16-/m1/s1. The molecule has 7 nitrogen and oxygen atoms in total. The van der Waals surface area contributed by atoms with Crippen LogP contribution in [0.4, 0.5) is 5.82 Å². The smallest absolute Gasteiger partial charge is 0.327 e. The van der Waals surface area contributed by atoms with Crippen molar-refractivity contribution in [2.45, 2.75) is 5.92 Å². The van der Waals surface area contributed by atoms with Gasteiger partial charge in [-0.25, -0.2) is 4.79 Å². The van der Waals surface area contributed by atoms with E-state index in [9.17, 15) is 14.4 Å². The second kappa shape index (κ2) is 5.87. The highest BCUT2D eigenvalue weighted by Crippen LogP contribution is 2.48. The number of fused-ring (bicyclic) bond motifs is 4. The maximum Gasteiger partial charge on any atom is 0.327 e. The average Bonchev–Trinajstić information content (AvgIpc) is 3.04. The van der Waals surface area contributed by atoms with Gasteiger partial charge in [0.2, 0.25) is 0 Å². The number of H-pyrrole nitrogens is 2. The van der Waals surface area contributed by atoms with E-state index in [1.54, 1.807) is 12.3 Å². The zero-order valence-corrected chi connectivity index (χ0v) is 15.5. The Bertz CT molecular complexity index is 1540. The molecule has 30 heavy (non-hydrogen) atoms. The molecule has 3 heterocycles. The van der Waals surface area contributed by atoms with Gasteiger partial charge in [0.25, 0.3) is 5.56 Å². The lowest BCUT2D eigenvalue weighted by Crippen LogP contribution is -2.33. The molecule has 0 saturated heterocycles. The number of allylic oxidation sites excluding steroid dienone is 1. The highest BCUT2D eigenvalue weighted by atomic mass is 16.2. The summed E-state index contributed by atoms with van der Waals surface area (Å²) in [4.78, 5) is 47.7. The fourth-order valence-corrected chi connectivity index (χ4v) is 4.53. The van der Waals surface area contributed by atoms with Gasteiger partial charge in [-0.2, -0.15) is 0 Å². The van der Waals surface area contributed by atoms with Crippen molar-refractivity contribution in [1.82, 2.24) is 15.0 Å². The van der Waals surface area contributed by atoms with Gasteiger partial charge in [0.15, 0.2) is 5.78 Å². The summed E-state index contributed by atoms with van der Waals surface area (Å²) in [6, 6.07) is 16.7. The normalized spacial score (nSPS) is 16.8. The van der Waals surface area contributed by atoms with E-state index in [0.717, 1.165) is 22.0 Å². The molecule has 0 radical (unpaired) electrons. The summed E-state index contributed by atoms with van der Waals surface area (Å²) in [6.45, 7) is 0. The van der Waals surface area contributed by atoms with E-state index >= 15 is 0 Å². The lowest BCUT2D eigenvalue weighted by atomic mass is 9.80. The predicted octanol–water partition coefficient (Wildman–Crippen LogP) is 2.78. The fourth-order valence-electron chi connectivity index (χ4n) is 4.53. The average molecular weight is 394 g/mol. The molecule has 4 aromatic rings. The molecule has 6 rings (SSSR count). The number of nitrogens with zero attached hydrogens (tertiary/aromatic N) is 1. The highest BCUT2D eigenvalue weighted by molar-refractivity contribution is 6.24. The third-order valence-corrected chi connectivity index (χ3v) is 5.76. The molecule has 1 aliphatic heterocycles. The largest absolute Gasteiger partial charge is 0.340 e. The number of aromatic amines is 2. The first-order valence-electron chi connectivity index (χ1n) is 9.49. The van der Waals surface area contributed by atoms with Crippen LogP contribution in [0.15, 0.2) is 76.0 Å². The number of hydrogen-bond donors (Lipinski definition) is 3. The van der Waals surface area contributed by atoms with Gasteiger partial charge < -0.3 is 5.32 Å². The first-order chi connectivity index (χ1) is 14.6. The Labute approximate surface area is 169 Å². The summed E-state index contributed by atoms with van der Waals surface area (Å²) in [5, 5.41) is 3.99. The van der Waals surface area contributed by atoms with Crippen LogP contribution in [0.5, 0.6) is 0 Å². The van der Waals surface area contributed by atoms with Crippen molar-refractivity contribution in [1.29, 1.82) is 0 Å². The molecule has 3 N–H and O–H groups in total. The van der Waals surface area contributed by atoms with Crippen LogP contribution in [0, 0.1) is 0 Å². The zero-order chi connectivity index (χ0) is 20.4. The number of nitrogens with one attached hydrogen (secondary N) is 3. The third-order valence-electron chi connectivity index (χ3n) is 5.76. The van der Waals surface area contributed by atoms with Crippen molar-refractivity contribution in [3.8, 4) is 0 Å². The Kier molecular flexibility index (Phi) is 3.26. The number of pyridine rings is 1. The molecular weight excluding hydrogens is 380 g/mol. The number of aromatic nitrogens is 3. The second-order valence-electron chi connectivity index (χ2n) is 7.34. The molecule has 1 atom stereocenters. The van der Waals surface area contributed by atoms with Crippen molar-refractivity contribution < 1.29 is 4.79 Å². The van der Waals surface area contributed by atoms with Gasteiger partial charge >= 0.3 is 5.69 Å². The van der Waals surface area contributed by atoms with Crippen LogP contribution in [0.1, 0.15) is 33.0 Å².